The third kappa shape index (κ3) is 5.23. The van der Waals surface area contributed by atoms with E-state index in [9.17, 15) is 0 Å². The largest absolute Gasteiger partial charge is 0.423 e. The number of hydrogen-bond acceptors (Lipinski definition) is 5. The number of aromatic nitrogens is 2. The van der Waals surface area contributed by atoms with Gasteiger partial charge in [-0.15, -0.1) is 10.2 Å². The Morgan fingerprint density at radius 2 is 2.06 bits per heavy atom. The van der Waals surface area contributed by atoms with Crippen molar-refractivity contribution in [2.75, 3.05) is 13.1 Å². The number of hydrogen-bond donors (Lipinski definition) is 1. The Balaban J connectivity index is 2.22. The Bertz CT molecular complexity index is 287. The van der Waals surface area contributed by atoms with Gasteiger partial charge in [-0.05, 0) is 33.4 Å². The summed E-state index contributed by atoms with van der Waals surface area (Å²) in [5, 5.41) is 11.1. The van der Waals surface area contributed by atoms with Crippen LogP contribution in [0.15, 0.2) is 4.42 Å². The fourth-order valence-corrected chi connectivity index (χ4v) is 1.23. The molecule has 0 aliphatic carbocycles. The molecular formula is C11H21N3O2. The van der Waals surface area contributed by atoms with Crippen molar-refractivity contribution < 1.29 is 9.15 Å². The van der Waals surface area contributed by atoms with Gasteiger partial charge in [0.1, 0.15) is 6.61 Å². The summed E-state index contributed by atoms with van der Waals surface area (Å²) in [7, 11) is 0. The second-order valence-corrected chi connectivity index (χ2v) is 3.91. The van der Waals surface area contributed by atoms with Crippen LogP contribution in [0.5, 0.6) is 0 Å². The minimum absolute atomic E-state index is 0.184. The number of aryl methyl sites for hydroxylation is 1. The summed E-state index contributed by atoms with van der Waals surface area (Å²) in [5.74, 6) is 1.26. The molecule has 0 unspecified atom stereocenters. The molecule has 0 aromatic carbocycles. The minimum atomic E-state index is 0.184. The van der Waals surface area contributed by atoms with Gasteiger partial charge < -0.3 is 14.5 Å². The van der Waals surface area contributed by atoms with Crippen molar-refractivity contribution in [3.8, 4) is 0 Å². The van der Waals surface area contributed by atoms with E-state index in [1.54, 1.807) is 0 Å². The summed E-state index contributed by atoms with van der Waals surface area (Å²) < 4.78 is 10.8. The van der Waals surface area contributed by atoms with Crippen LogP contribution in [-0.4, -0.2) is 29.4 Å². The molecule has 0 aliphatic rings. The molecule has 0 saturated heterocycles. The highest BCUT2D eigenvalue weighted by molar-refractivity contribution is 4.80. The van der Waals surface area contributed by atoms with Gasteiger partial charge in [-0.3, -0.25) is 0 Å². The fraction of sp³-hybridized carbons (Fsp3) is 0.818. The highest BCUT2D eigenvalue weighted by Crippen LogP contribution is 2.05. The third-order valence-electron chi connectivity index (χ3n) is 2.04. The van der Waals surface area contributed by atoms with Gasteiger partial charge in [-0.1, -0.05) is 6.92 Å². The zero-order valence-corrected chi connectivity index (χ0v) is 10.3. The predicted molar refractivity (Wildman–Crippen MR) is 61.1 cm³/mol. The average molecular weight is 227 g/mol. The molecule has 0 radical (unpaired) electrons. The van der Waals surface area contributed by atoms with Gasteiger partial charge in [0, 0.05) is 6.42 Å². The third-order valence-corrected chi connectivity index (χ3v) is 2.04. The number of nitrogens with zero attached hydrogens (tertiary/aromatic N) is 2. The van der Waals surface area contributed by atoms with Gasteiger partial charge >= 0.3 is 0 Å². The SMILES string of the molecule is CCNCCCc1nnc(COC(C)C)o1. The highest BCUT2D eigenvalue weighted by atomic mass is 16.5. The lowest BCUT2D eigenvalue weighted by Crippen LogP contribution is -2.14. The molecule has 5 heteroatoms. The number of nitrogens with one attached hydrogen (secondary N) is 1. The van der Waals surface area contributed by atoms with Crippen LogP contribution < -0.4 is 5.32 Å². The summed E-state index contributed by atoms with van der Waals surface area (Å²) in [6.07, 6.45) is 2.02. The van der Waals surface area contributed by atoms with Gasteiger partial charge in [-0.25, -0.2) is 0 Å². The van der Waals surface area contributed by atoms with Crippen molar-refractivity contribution in [2.24, 2.45) is 0 Å². The Kier molecular flexibility index (Phi) is 6.03. The van der Waals surface area contributed by atoms with Crippen LogP contribution in [0, 0.1) is 0 Å². The van der Waals surface area contributed by atoms with Crippen LogP contribution in [0.1, 0.15) is 39.0 Å². The fourth-order valence-electron chi connectivity index (χ4n) is 1.23. The second-order valence-electron chi connectivity index (χ2n) is 3.91. The lowest BCUT2D eigenvalue weighted by Gasteiger charge is -2.02. The number of ether oxygens (including phenoxy) is 1. The first-order chi connectivity index (χ1) is 7.72. The van der Waals surface area contributed by atoms with Crippen molar-refractivity contribution >= 4 is 0 Å². The van der Waals surface area contributed by atoms with E-state index in [0.717, 1.165) is 25.9 Å². The van der Waals surface area contributed by atoms with E-state index in [4.69, 9.17) is 9.15 Å². The van der Waals surface area contributed by atoms with Gasteiger partial charge in [0.2, 0.25) is 11.8 Å². The molecule has 0 spiro atoms. The van der Waals surface area contributed by atoms with Gasteiger partial charge in [-0.2, -0.15) is 0 Å². The van der Waals surface area contributed by atoms with Crippen LogP contribution in [-0.2, 0) is 17.8 Å². The standard InChI is InChI=1S/C11H21N3O2/c1-4-12-7-5-6-10-13-14-11(16-10)8-15-9(2)3/h9,12H,4-8H2,1-3H3. The maximum atomic E-state index is 5.44. The smallest absolute Gasteiger partial charge is 0.242 e. The molecule has 92 valence electrons. The molecule has 0 atom stereocenters. The summed E-state index contributed by atoms with van der Waals surface area (Å²) in [4.78, 5) is 0. The Hall–Kier alpha value is -0.940. The van der Waals surface area contributed by atoms with Crippen LogP contribution in [0.25, 0.3) is 0 Å². The van der Waals surface area contributed by atoms with E-state index in [-0.39, 0.29) is 6.10 Å². The Morgan fingerprint density at radius 1 is 1.31 bits per heavy atom. The first-order valence-electron chi connectivity index (χ1n) is 5.86. The zero-order valence-electron chi connectivity index (χ0n) is 10.3. The molecule has 1 aromatic heterocycles. The summed E-state index contributed by atoms with van der Waals surface area (Å²) in [6, 6.07) is 0. The van der Waals surface area contributed by atoms with Crippen molar-refractivity contribution in [2.45, 2.75) is 46.3 Å². The van der Waals surface area contributed by atoms with Gasteiger partial charge in [0.05, 0.1) is 6.10 Å². The minimum Gasteiger partial charge on any atom is -0.423 e. The van der Waals surface area contributed by atoms with Crippen molar-refractivity contribution in [1.29, 1.82) is 0 Å². The summed E-state index contributed by atoms with van der Waals surface area (Å²) in [5.41, 5.74) is 0. The van der Waals surface area contributed by atoms with Crippen molar-refractivity contribution in [3.05, 3.63) is 11.8 Å². The van der Waals surface area contributed by atoms with Crippen LogP contribution >= 0.6 is 0 Å². The summed E-state index contributed by atoms with van der Waals surface area (Å²) >= 11 is 0. The van der Waals surface area contributed by atoms with E-state index in [2.05, 4.69) is 22.4 Å². The Labute approximate surface area is 96.6 Å². The maximum absolute atomic E-state index is 5.44. The molecule has 0 amide bonds. The van der Waals surface area contributed by atoms with E-state index in [1.807, 2.05) is 13.8 Å². The summed E-state index contributed by atoms with van der Waals surface area (Å²) in [6.45, 7) is 8.43. The topological polar surface area (TPSA) is 60.2 Å². The molecule has 0 bridgehead atoms. The predicted octanol–water partition coefficient (Wildman–Crippen LogP) is 1.54. The molecule has 1 aromatic rings. The highest BCUT2D eigenvalue weighted by Gasteiger charge is 2.06. The molecule has 0 fully saturated rings. The maximum Gasteiger partial charge on any atom is 0.242 e. The molecule has 0 saturated carbocycles. The first-order valence-corrected chi connectivity index (χ1v) is 5.86. The Morgan fingerprint density at radius 3 is 2.75 bits per heavy atom. The molecule has 16 heavy (non-hydrogen) atoms. The molecule has 1 N–H and O–H groups in total. The molecular weight excluding hydrogens is 206 g/mol. The second kappa shape index (κ2) is 7.35. The van der Waals surface area contributed by atoms with Crippen LogP contribution in [0.2, 0.25) is 0 Å². The normalized spacial score (nSPS) is 11.2. The van der Waals surface area contributed by atoms with Gasteiger partial charge in [0.15, 0.2) is 0 Å². The van der Waals surface area contributed by atoms with Gasteiger partial charge in [0.25, 0.3) is 0 Å². The lowest BCUT2D eigenvalue weighted by atomic mass is 10.3. The van der Waals surface area contributed by atoms with E-state index in [0.29, 0.717) is 18.4 Å². The first kappa shape index (κ1) is 13.1. The molecule has 5 nitrogen and oxygen atoms in total. The average Bonchev–Trinajstić information content (AvgIpc) is 2.70. The molecule has 0 aliphatic heterocycles. The quantitative estimate of drug-likeness (QED) is 0.682. The van der Waals surface area contributed by atoms with Crippen LogP contribution in [0.4, 0.5) is 0 Å². The van der Waals surface area contributed by atoms with Crippen LogP contribution in [0.3, 0.4) is 0 Å². The van der Waals surface area contributed by atoms with E-state index < -0.39 is 0 Å². The zero-order chi connectivity index (χ0) is 11.8. The van der Waals surface area contributed by atoms with E-state index in [1.165, 1.54) is 0 Å². The van der Waals surface area contributed by atoms with E-state index >= 15 is 0 Å². The van der Waals surface area contributed by atoms with Crippen molar-refractivity contribution in [3.63, 3.8) is 0 Å². The molecule has 1 rings (SSSR count). The van der Waals surface area contributed by atoms with Crippen molar-refractivity contribution in [1.82, 2.24) is 15.5 Å². The molecule has 1 heterocycles. The monoisotopic (exact) mass is 227 g/mol. The lowest BCUT2D eigenvalue weighted by molar-refractivity contribution is 0.0511. The number of rotatable bonds is 8.